The van der Waals surface area contributed by atoms with Gasteiger partial charge in [-0.25, -0.2) is 14.6 Å². The van der Waals surface area contributed by atoms with E-state index in [2.05, 4.69) is 4.98 Å². The number of ether oxygens (including phenoxy) is 5. The molecule has 0 N–H and O–H groups in total. The van der Waals surface area contributed by atoms with Crippen LogP contribution in [-0.2, 0) is 23.8 Å². The van der Waals surface area contributed by atoms with Crippen LogP contribution in [-0.4, -0.2) is 58.7 Å². The fraction of sp³-hybridized carbons (Fsp3) is 0.261. The van der Waals surface area contributed by atoms with Gasteiger partial charge in [-0.3, -0.25) is 0 Å². The van der Waals surface area contributed by atoms with Gasteiger partial charge in [0, 0.05) is 11.3 Å². The van der Waals surface area contributed by atoms with Crippen LogP contribution < -0.4 is 14.4 Å². The van der Waals surface area contributed by atoms with E-state index < -0.39 is 11.9 Å². The number of hydrogen-bond acceptors (Lipinski definition) is 10. The first-order valence-electron chi connectivity index (χ1n) is 9.88. The van der Waals surface area contributed by atoms with Crippen molar-refractivity contribution in [2.45, 2.75) is 0 Å². The number of fused-ring (bicyclic) bond motifs is 1. The van der Waals surface area contributed by atoms with E-state index in [9.17, 15) is 9.59 Å². The summed E-state index contributed by atoms with van der Waals surface area (Å²) < 4.78 is 31.8. The zero-order valence-corrected chi connectivity index (χ0v) is 18.5. The van der Waals surface area contributed by atoms with Gasteiger partial charge in [-0.05, 0) is 36.4 Å². The van der Waals surface area contributed by atoms with Crippen molar-refractivity contribution in [2.75, 3.05) is 46.7 Å². The lowest BCUT2D eigenvalue weighted by atomic mass is 10.1. The molecule has 0 fully saturated rings. The fourth-order valence-corrected chi connectivity index (χ4v) is 3.52. The number of carbonyl (C=O) groups is 2. The van der Waals surface area contributed by atoms with Crippen molar-refractivity contribution < 1.29 is 37.7 Å². The smallest absolute Gasteiger partial charge is 0.355 e. The van der Waals surface area contributed by atoms with E-state index in [1.165, 1.54) is 19.1 Å². The van der Waals surface area contributed by atoms with Crippen LogP contribution >= 0.6 is 0 Å². The number of anilines is 1. The second-order valence-corrected chi connectivity index (χ2v) is 6.96. The van der Waals surface area contributed by atoms with Crippen molar-refractivity contribution in [3.05, 3.63) is 47.7 Å². The highest BCUT2D eigenvalue weighted by Crippen LogP contribution is 2.35. The Labute approximate surface area is 189 Å². The highest BCUT2D eigenvalue weighted by atomic mass is 16.5. The summed E-state index contributed by atoms with van der Waals surface area (Å²) in [6, 6.07) is 10.5. The molecule has 0 unspecified atom stereocenters. The highest BCUT2D eigenvalue weighted by molar-refractivity contribution is 6.03. The zero-order chi connectivity index (χ0) is 23.5. The van der Waals surface area contributed by atoms with Crippen molar-refractivity contribution in [1.82, 2.24) is 4.98 Å². The molecule has 10 heteroatoms. The number of oxazole rings is 1. The van der Waals surface area contributed by atoms with Crippen LogP contribution in [0.15, 0.2) is 52.1 Å². The van der Waals surface area contributed by atoms with Crippen LogP contribution in [0.5, 0.6) is 11.5 Å². The van der Waals surface area contributed by atoms with Crippen LogP contribution in [0.3, 0.4) is 0 Å². The second kappa shape index (κ2) is 9.21. The van der Waals surface area contributed by atoms with Gasteiger partial charge in [0.1, 0.15) is 17.9 Å². The molecule has 0 saturated heterocycles. The largest absolute Gasteiger partial charge is 0.493 e. The van der Waals surface area contributed by atoms with Gasteiger partial charge < -0.3 is 33.0 Å². The quantitative estimate of drug-likeness (QED) is 0.516. The third-order valence-corrected chi connectivity index (χ3v) is 5.15. The molecule has 1 aromatic heterocycles. The van der Waals surface area contributed by atoms with Crippen molar-refractivity contribution in [2.24, 2.45) is 0 Å². The van der Waals surface area contributed by atoms with Crippen LogP contribution in [0.4, 0.5) is 5.69 Å². The zero-order valence-electron chi connectivity index (χ0n) is 18.5. The molecule has 0 bridgehead atoms. The van der Waals surface area contributed by atoms with Gasteiger partial charge in [0.15, 0.2) is 17.1 Å². The molecule has 0 radical (unpaired) electrons. The number of benzene rings is 2. The summed E-state index contributed by atoms with van der Waals surface area (Å²) in [7, 11) is 5.59. The van der Waals surface area contributed by atoms with Gasteiger partial charge in [-0.2, -0.15) is 0 Å². The van der Waals surface area contributed by atoms with E-state index in [-0.39, 0.29) is 24.6 Å². The van der Waals surface area contributed by atoms with Crippen molar-refractivity contribution in [1.29, 1.82) is 0 Å². The molecule has 1 aliphatic heterocycles. The number of nitrogens with zero attached hydrogens (tertiary/aromatic N) is 2. The van der Waals surface area contributed by atoms with Crippen LogP contribution in [0.2, 0.25) is 0 Å². The summed E-state index contributed by atoms with van der Waals surface area (Å²) in [5.41, 5.74) is 2.48. The molecule has 3 aromatic rings. The lowest BCUT2D eigenvalue weighted by Crippen LogP contribution is -2.38. The summed E-state index contributed by atoms with van der Waals surface area (Å²) >= 11 is 0. The van der Waals surface area contributed by atoms with E-state index in [1.54, 1.807) is 44.6 Å². The number of aromatic nitrogens is 1. The standard InChI is InChI=1S/C23H22N2O8/c1-28-18-7-5-13(9-19(18)29-2)21-24-16-10-14(6-8-17(16)33-21)25-12-32-11-15(22(26)30-3)20(25)23(27)31-4/h5-10H,11-12H2,1-4H3. The van der Waals surface area contributed by atoms with Crippen LogP contribution in [0, 0.1) is 0 Å². The third kappa shape index (κ3) is 4.08. The number of hydrogen-bond donors (Lipinski definition) is 0. The predicted octanol–water partition coefficient (Wildman–Crippen LogP) is 2.91. The summed E-state index contributed by atoms with van der Waals surface area (Å²) in [4.78, 5) is 30.8. The average Bonchev–Trinajstić information content (AvgIpc) is 3.30. The molecule has 2 aromatic carbocycles. The minimum atomic E-state index is -0.676. The molecule has 4 rings (SSSR count). The SMILES string of the molecule is COC(=O)C1=C(C(=O)OC)N(c2ccc3oc(-c4ccc(OC)c(OC)c4)nc3c2)COC1. The minimum absolute atomic E-state index is 0.0385. The molecule has 0 amide bonds. The van der Waals surface area contributed by atoms with Gasteiger partial charge in [0.05, 0.1) is 40.6 Å². The first-order valence-corrected chi connectivity index (χ1v) is 9.88. The molecule has 172 valence electrons. The second-order valence-electron chi connectivity index (χ2n) is 6.96. The van der Waals surface area contributed by atoms with Crippen molar-refractivity contribution in [3.8, 4) is 23.0 Å². The molecule has 0 aliphatic carbocycles. The van der Waals surface area contributed by atoms with E-state index in [0.29, 0.717) is 39.7 Å². The summed E-state index contributed by atoms with van der Waals surface area (Å²) in [6.07, 6.45) is 0. The number of methoxy groups -OCH3 is 4. The van der Waals surface area contributed by atoms with Gasteiger partial charge in [-0.1, -0.05) is 0 Å². The Balaban J connectivity index is 1.75. The van der Waals surface area contributed by atoms with Gasteiger partial charge in [0.25, 0.3) is 0 Å². The summed E-state index contributed by atoms with van der Waals surface area (Å²) in [5.74, 6) is 0.181. The van der Waals surface area contributed by atoms with Gasteiger partial charge in [0.2, 0.25) is 5.89 Å². The van der Waals surface area contributed by atoms with E-state index >= 15 is 0 Å². The number of rotatable bonds is 6. The van der Waals surface area contributed by atoms with Crippen molar-refractivity contribution >= 4 is 28.7 Å². The molecule has 0 spiro atoms. The van der Waals surface area contributed by atoms with Crippen molar-refractivity contribution in [3.63, 3.8) is 0 Å². The molecule has 10 nitrogen and oxygen atoms in total. The molecular weight excluding hydrogens is 432 g/mol. The Hall–Kier alpha value is -4.05. The van der Waals surface area contributed by atoms with E-state index in [4.69, 9.17) is 28.1 Å². The predicted molar refractivity (Wildman–Crippen MR) is 117 cm³/mol. The lowest BCUT2D eigenvalue weighted by Gasteiger charge is -2.31. The minimum Gasteiger partial charge on any atom is -0.493 e. The monoisotopic (exact) mass is 454 g/mol. The highest BCUT2D eigenvalue weighted by Gasteiger charge is 2.32. The fourth-order valence-electron chi connectivity index (χ4n) is 3.52. The lowest BCUT2D eigenvalue weighted by molar-refractivity contribution is -0.140. The summed E-state index contributed by atoms with van der Waals surface area (Å²) in [5, 5.41) is 0. The topological polar surface area (TPSA) is 110 Å². The molecular formula is C23H22N2O8. The van der Waals surface area contributed by atoms with Crippen LogP contribution in [0.25, 0.3) is 22.6 Å². The Morgan fingerprint density at radius 1 is 0.939 bits per heavy atom. The van der Waals surface area contributed by atoms with E-state index in [1.807, 2.05) is 6.07 Å². The number of carbonyl (C=O) groups excluding carboxylic acids is 2. The average molecular weight is 454 g/mol. The number of esters is 2. The van der Waals surface area contributed by atoms with Gasteiger partial charge >= 0.3 is 11.9 Å². The normalized spacial score (nSPS) is 13.8. The maximum atomic E-state index is 12.5. The molecule has 0 saturated carbocycles. The molecule has 33 heavy (non-hydrogen) atoms. The Morgan fingerprint density at radius 3 is 2.39 bits per heavy atom. The van der Waals surface area contributed by atoms with Gasteiger partial charge in [-0.15, -0.1) is 0 Å². The maximum Gasteiger partial charge on any atom is 0.355 e. The summed E-state index contributed by atoms with van der Waals surface area (Å²) in [6.45, 7) is -0.0277. The Morgan fingerprint density at radius 2 is 1.70 bits per heavy atom. The Kier molecular flexibility index (Phi) is 6.18. The molecule has 0 atom stereocenters. The third-order valence-electron chi connectivity index (χ3n) is 5.15. The Bertz CT molecular complexity index is 1250. The van der Waals surface area contributed by atoms with E-state index in [0.717, 1.165) is 0 Å². The molecule has 2 heterocycles. The molecule has 1 aliphatic rings. The first kappa shape index (κ1) is 22.2. The van der Waals surface area contributed by atoms with Crippen LogP contribution in [0.1, 0.15) is 0 Å². The maximum absolute atomic E-state index is 12.5. The first-order chi connectivity index (χ1) is 16.0.